The Bertz CT molecular complexity index is 655. The van der Waals surface area contributed by atoms with Gasteiger partial charge in [-0.2, -0.15) is 0 Å². The highest BCUT2D eigenvalue weighted by molar-refractivity contribution is 7.09. The molecule has 110 valence electrons. The molecule has 0 radical (unpaired) electrons. The van der Waals surface area contributed by atoms with Crippen LogP contribution in [-0.2, 0) is 6.54 Å². The van der Waals surface area contributed by atoms with Crippen molar-refractivity contribution in [3.63, 3.8) is 0 Å². The van der Waals surface area contributed by atoms with E-state index in [4.69, 9.17) is 22.5 Å². The summed E-state index contributed by atoms with van der Waals surface area (Å²) >= 11 is 8.13. The van der Waals surface area contributed by atoms with E-state index in [1.165, 1.54) is 4.88 Å². The second-order valence-corrected chi connectivity index (χ2v) is 6.33. The average Bonchev–Trinajstić information content (AvgIpc) is 3.21. The average molecular weight is 323 g/mol. The number of pyridine rings is 1. The van der Waals surface area contributed by atoms with Crippen LogP contribution in [0.2, 0.25) is 5.02 Å². The summed E-state index contributed by atoms with van der Waals surface area (Å²) in [4.78, 5) is 7.86. The van der Waals surface area contributed by atoms with Gasteiger partial charge in [0.05, 0.1) is 11.6 Å². The van der Waals surface area contributed by atoms with Crippen LogP contribution in [0.25, 0.3) is 0 Å². The first-order valence-corrected chi connectivity index (χ1v) is 7.88. The fourth-order valence-electron chi connectivity index (χ4n) is 2.22. The van der Waals surface area contributed by atoms with Crippen LogP contribution in [0, 0.1) is 0 Å². The highest BCUT2D eigenvalue weighted by Gasteiger charge is 2.32. The highest BCUT2D eigenvalue weighted by atomic mass is 35.5. The Labute approximate surface area is 131 Å². The molecule has 7 heteroatoms. The molecule has 0 saturated heterocycles. The van der Waals surface area contributed by atoms with Gasteiger partial charge in [0.15, 0.2) is 5.84 Å². The number of hydrogen-bond acceptors (Lipinski definition) is 5. The zero-order chi connectivity index (χ0) is 14.8. The third-order valence-electron chi connectivity index (χ3n) is 3.42. The van der Waals surface area contributed by atoms with Gasteiger partial charge in [0.2, 0.25) is 0 Å². The molecule has 0 unspecified atom stereocenters. The molecule has 1 fully saturated rings. The lowest BCUT2D eigenvalue weighted by Crippen LogP contribution is -2.27. The normalized spacial score (nSPS) is 15.2. The highest BCUT2D eigenvalue weighted by Crippen LogP contribution is 2.37. The van der Waals surface area contributed by atoms with Gasteiger partial charge in [-0.25, -0.2) is 4.98 Å². The Morgan fingerprint density at radius 2 is 2.33 bits per heavy atom. The smallest absolute Gasteiger partial charge is 0.171 e. The van der Waals surface area contributed by atoms with Gasteiger partial charge in [-0.05, 0) is 30.4 Å². The SMILES string of the molecule is N/C(=N/O)c1ccnc(N(Cc2cccs2)C2CC2)c1Cl. The first kappa shape index (κ1) is 14.2. The van der Waals surface area contributed by atoms with Gasteiger partial charge in [0.25, 0.3) is 0 Å². The van der Waals surface area contributed by atoms with Crippen molar-refractivity contribution in [1.29, 1.82) is 0 Å². The number of halogens is 1. The Morgan fingerprint density at radius 3 is 2.95 bits per heavy atom. The van der Waals surface area contributed by atoms with E-state index in [1.807, 2.05) is 6.07 Å². The van der Waals surface area contributed by atoms with Crippen molar-refractivity contribution in [2.24, 2.45) is 10.9 Å². The van der Waals surface area contributed by atoms with Crippen molar-refractivity contribution in [2.75, 3.05) is 4.90 Å². The topological polar surface area (TPSA) is 74.7 Å². The molecule has 2 aromatic heterocycles. The molecule has 21 heavy (non-hydrogen) atoms. The molecular formula is C14H15ClN4OS. The van der Waals surface area contributed by atoms with Crippen LogP contribution in [0.3, 0.4) is 0 Å². The summed E-state index contributed by atoms with van der Waals surface area (Å²) in [6.07, 6.45) is 3.91. The van der Waals surface area contributed by atoms with Crippen molar-refractivity contribution >= 4 is 34.6 Å². The number of oxime groups is 1. The zero-order valence-electron chi connectivity index (χ0n) is 11.2. The number of rotatable bonds is 5. The molecule has 2 heterocycles. The molecule has 3 rings (SSSR count). The summed E-state index contributed by atoms with van der Waals surface area (Å²) in [5.74, 6) is 0.687. The van der Waals surface area contributed by atoms with Crippen molar-refractivity contribution in [3.05, 3.63) is 45.2 Å². The van der Waals surface area contributed by atoms with E-state index in [1.54, 1.807) is 23.6 Å². The summed E-state index contributed by atoms with van der Waals surface area (Å²) in [7, 11) is 0. The third kappa shape index (κ3) is 2.96. The van der Waals surface area contributed by atoms with Gasteiger partial charge in [0, 0.05) is 22.7 Å². The lowest BCUT2D eigenvalue weighted by molar-refractivity contribution is 0.318. The molecule has 1 aliphatic rings. The van der Waals surface area contributed by atoms with Crippen LogP contribution in [-0.4, -0.2) is 22.1 Å². The van der Waals surface area contributed by atoms with Gasteiger partial charge in [-0.15, -0.1) is 11.3 Å². The molecule has 0 aromatic carbocycles. The molecular weight excluding hydrogens is 308 g/mol. The third-order valence-corrected chi connectivity index (χ3v) is 4.65. The van der Waals surface area contributed by atoms with Crippen molar-refractivity contribution in [1.82, 2.24) is 4.98 Å². The first-order chi connectivity index (χ1) is 10.2. The van der Waals surface area contributed by atoms with E-state index in [0.717, 1.165) is 19.4 Å². The van der Waals surface area contributed by atoms with Crippen LogP contribution >= 0.6 is 22.9 Å². The van der Waals surface area contributed by atoms with E-state index >= 15 is 0 Å². The number of thiophene rings is 1. The maximum absolute atomic E-state index is 8.84. The fraction of sp³-hybridized carbons (Fsp3) is 0.286. The minimum absolute atomic E-state index is 0.00415. The Balaban J connectivity index is 1.96. The van der Waals surface area contributed by atoms with E-state index in [2.05, 4.69) is 26.5 Å². The minimum Gasteiger partial charge on any atom is -0.409 e. The molecule has 0 amide bonds. The quantitative estimate of drug-likeness (QED) is 0.384. The summed E-state index contributed by atoms with van der Waals surface area (Å²) in [6.45, 7) is 0.772. The Morgan fingerprint density at radius 1 is 1.52 bits per heavy atom. The standard InChI is InChI=1S/C14H15ClN4OS/c15-12-11(13(16)18-20)5-6-17-14(12)19(9-3-4-9)8-10-2-1-7-21-10/h1-2,5-7,9,20H,3-4,8H2,(H2,16,18). The minimum atomic E-state index is -0.00415. The van der Waals surface area contributed by atoms with Crippen molar-refractivity contribution < 1.29 is 5.21 Å². The first-order valence-electron chi connectivity index (χ1n) is 6.62. The fourth-order valence-corrected chi connectivity index (χ4v) is 3.24. The maximum atomic E-state index is 8.84. The Kier molecular flexibility index (Phi) is 3.98. The van der Waals surface area contributed by atoms with E-state index in [-0.39, 0.29) is 5.84 Å². The molecule has 0 bridgehead atoms. The number of hydrogen-bond donors (Lipinski definition) is 2. The van der Waals surface area contributed by atoms with Crippen LogP contribution in [0.1, 0.15) is 23.3 Å². The van der Waals surface area contributed by atoms with Crippen LogP contribution in [0.4, 0.5) is 5.82 Å². The molecule has 0 spiro atoms. The summed E-state index contributed by atoms with van der Waals surface area (Å²) in [5.41, 5.74) is 6.16. The summed E-state index contributed by atoms with van der Waals surface area (Å²) < 4.78 is 0. The molecule has 1 aliphatic carbocycles. The number of nitrogens with two attached hydrogens (primary N) is 1. The lowest BCUT2D eigenvalue weighted by Gasteiger charge is -2.24. The molecule has 1 saturated carbocycles. The van der Waals surface area contributed by atoms with Crippen LogP contribution in [0.5, 0.6) is 0 Å². The predicted molar refractivity (Wildman–Crippen MR) is 85.3 cm³/mol. The largest absolute Gasteiger partial charge is 0.409 e. The monoisotopic (exact) mass is 322 g/mol. The van der Waals surface area contributed by atoms with E-state index in [0.29, 0.717) is 22.4 Å². The van der Waals surface area contributed by atoms with Gasteiger partial charge >= 0.3 is 0 Å². The van der Waals surface area contributed by atoms with Crippen LogP contribution < -0.4 is 10.6 Å². The Hall–Kier alpha value is -1.79. The molecule has 5 nitrogen and oxygen atoms in total. The second-order valence-electron chi connectivity index (χ2n) is 4.92. The van der Waals surface area contributed by atoms with Gasteiger partial charge in [-0.3, -0.25) is 0 Å². The van der Waals surface area contributed by atoms with Gasteiger partial charge in [-0.1, -0.05) is 22.8 Å². The van der Waals surface area contributed by atoms with Crippen molar-refractivity contribution in [3.8, 4) is 0 Å². The van der Waals surface area contributed by atoms with Crippen LogP contribution in [0.15, 0.2) is 34.9 Å². The van der Waals surface area contributed by atoms with Gasteiger partial charge < -0.3 is 15.8 Å². The summed E-state index contributed by atoms with van der Waals surface area (Å²) in [5, 5.41) is 14.3. The number of nitrogens with zero attached hydrogens (tertiary/aromatic N) is 3. The van der Waals surface area contributed by atoms with E-state index < -0.39 is 0 Å². The molecule has 0 aliphatic heterocycles. The summed E-state index contributed by atoms with van der Waals surface area (Å²) in [6, 6.07) is 6.24. The maximum Gasteiger partial charge on any atom is 0.171 e. The number of anilines is 1. The number of aromatic nitrogens is 1. The van der Waals surface area contributed by atoms with Crippen molar-refractivity contribution in [2.45, 2.75) is 25.4 Å². The molecule has 3 N–H and O–H groups in total. The second kappa shape index (κ2) is 5.91. The molecule has 0 atom stereocenters. The zero-order valence-corrected chi connectivity index (χ0v) is 12.8. The number of amidine groups is 1. The lowest BCUT2D eigenvalue weighted by atomic mass is 10.2. The van der Waals surface area contributed by atoms with E-state index in [9.17, 15) is 0 Å². The molecule has 2 aromatic rings. The predicted octanol–water partition coefficient (Wildman–Crippen LogP) is 3.06. The van der Waals surface area contributed by atoms with Gasteiger partial charge in [0.1, 0.15) is 5.82 Å².